The van der Waals surface area contributed by atoms with Crippen molar-refractivity contribution < 1.29 is 4.42 Å². The normalized spacial score (nSPS) is 15.4. The molecule has 10 aromatic rings. The summed E-state index contributed by atoms with van der Waals surface area (Å²) in [5.41, 5.74) is 10.4. The highest BCUT2D eigenvalue weighted by molar-refractivity contribution is 6.23. The van der Waals surface area contributed by atoms with E-state index in [-0.39, 0.29) is 12.3 Å². The molecule has 0 spiro atoms. The molecule has 1 aromatic heterocycles. The van der Waals surface area contributed by atoms with Crippen LogP contribution in [0.3, 0.4) is 0 Å². The minimum Gasteiger partial charge on any atom is -0.456 e. The zero-order valence-corrected chi connectivity index (χ0v) is 31.6. The lowest BCUT2D eigenvalue weighted by atomic mass is 9.96. The van der Waals surface area contributed by atoms with Gasteiger partial charge in [-0.3, -0.25) is 5.32 Å². The first-order valence-electron chi connectivity index (χ1n) is 19.8. The molecule has 0 aliphatic carbocycles. The Kier molecular flexibility index (Phi) is 8.30. The van der Waals surface area contributed by atoms with Crippen molar-refractivity contribution in [2.75, 3.05) is 4.90 Å². The van der Waals surface area contributed by atoms with Gasteiger partial charge < -0.3 is 14.6 Å². The summed E-state index contributed by atoms with van der Waals surface area (Å²) in [5, 5.41) is 14.5. The second kappa shape index (κ2) is 14.2. The molecule has 276 valence electrons. The van der Waals surface area contributed by atoms with Crippen LogP contribution in [-0.4, -0.2) is 5.84 Å². The molecule has 0 amide bonds. The van der Waals surface area contributed by atoms with Gasteiger partial charge in [0.25, 0.3) is 0 Å². The van der Waals surface area contributed by atoms with Crippen LogP contribution in [0.1, 0.15) is 29.0 Å². The molecule has 0 radical (unpaired) electrons. The van der Waals surface area contributed by atoms with E-state index in [4.69, 9.17) is 9.41 Å². The molecule has 5 heteroatoms. The van der Waals surface area contributed by atoms with Gasteiger partial charge in [0.1, 0.15) is 29.3 Å². The molecule has 0 saturated heterocycles. The van der Waals surface area contributed by atoms with Crippen molar-refractivity contribution in [1.29, 1.82) is 0 Å². The van der Waals surface area contributed by atoms with E-state index < -0.39 is 0 Å². The number of hydrogen-bond donors (Lipinski definition) is 2. The summed E-state index contributed by atoms with van der Waals surface area (Å²) in [7, 11) is 0. The van der Waals surface area contributed by atoms with Crippen LogP contribution < -0.4 is 15.5 Å². The van der Waals surface area contributed by atoms with Crippen molar-refractivity contribution in [3.05, 3.63) is 223 Å². The van der Waals surface area contributed by atoms with Crippen LogP contribution >= 0.6 is 0 Å². The predicted molar refractivity (Wildman–Crippen MR) is 240 cm³/mol. The van der Waals surface area contributed by atoms with Crippen molar-refractivity contribution in [3.63, 3.8) is 0 Å². The smallest absolute Gasteiger partial charge is 0.138 e. The third-order valence-corrected chi connectivity index (χ3v) is 11.3. The van der Waals surface area contributed by atoms with E-state index in [1.165, 1.54) is 16.3 Å². The summed E-state index contributed by atoms with van der Waals surface area (Å²) in [5.74, 6) is 0.843. The molecule has 0 bridgehead atoms. The molecule has 2 atom stereocenters. The van der Waals surface area contributed by atoms with Crippen LogP contribution in [0.2, 0.25) is 0 Å². The van der Waals surface area contributed by atoms with Gasteiger partial charge >= 0.3 is 0 Å². The largest absolute Gasteiger partial charge is 0.456 e. The van der Waals surface area contributed by atoms with Gasteiger partial charge in [0.05, 0.1) is 5.69 Å². The minimum absolute atomic E-state index is 0.270. The highest BCUT2D eigenvalue weighted by Crippen LogP contribution is 2.46. The molecular formula is C53H38N4O. The number of para-hydroxylation sites is 1. The Morgan fingerprint density at radius 3 is 1.93 bits per heavy atom. The van der Waals surface area contributed by atoms with Crippen LogP contribution in [0.15, 0.2) is 216 Å². The van der Waals surface area contributed by atoms with Crippen molar-refractivity contribution in [1.82, 2.24) is 10.6 Å². The summed E-state index contributed by atoms with van der Waals surface area (Å²) >= 11 is 0. The molecule has 1 aliphatic rings. The van der Waals surface area contributed by atoms with Gasteiger partial charge in [-0.15, -0.1) is 0 Å². The fourth-order valence-electron chi connectivity index (χ4n) is 8.58. The molecule has 1 aliphatic heterocycles. The Bertz CT molecular complexity index is 3140. The molecule has 11 rings (SSSR count). The maximum Gasteiger partial charge on any atom is 0.138 e. The van der Waals surface area contributed by atoms with Crippen molar-refractivity contribution >= 4 is 66.4 Å². The molecule has 0 saturated carbocycles. The first-order valence-corrected chi connectivity index (χ1v) is 19.8. The predicted octanol–water partition coefficient (Wildman–Crippen LogP) is 13.4. The molecule has 2 N–H and O–H groups in total. The third-order valence-electron chi connectivity index (χ3n) is 11.3. The number of aliphatic imine (C=N–C) groups is 1. The molecule has 58 heavy (non-hydrogen) atoms. The average molecular weight is 747 g/mol. The van der Waals surface area contributed by atoms with Crippen LogP contribution in [0.5, 0.6) is 0 Å². The van der Waals surface area contributed by atoms with Gasteiger partial charge in [-0.05, 0) is 69.2 Å². The van der Waals surface area contributed by atoms with E-state index in [9.17, 15) is 0 Å². The Balaban J connectivity index is 1.09. The third kappa shape index (κ3) is 5.97. The van der Waals surface area contributed by atoms with Crippen LogP contribution in [0, 0.1) is 0 Å². The fourth-order valence-corrected chi connectivity index (χ4v) is 8.58. The SMILES string of the molecule is c1ccc(C2=NC(c3ccc4ccccc4c3)NC(c3cccc4oc5cc(N(c6ccccc6)c6cccc(-c7ccccc7)c6)c6ccccc6c5c34)N2)cc1. The number of furan rings is 1. The number of hydrogen-bond acceptors (Lipinski definition) is 5. The van der Waals surface area contributed by atoms with Crippen LogP contribution in [0.4, 0.5) is 17.1 Å². The highest BCUT2D eigenvalue weighted by atomic mass is 16.3. The molecule has 9 aromatic carbocycles. The van der Waals surface area contributed by atoms with Gasteiger partial charge in [0.15, 0.2) is 0 Å². The molecular weight excluding hydrogens is 709 g/mol. The van der Waals surface area contributed by atoms with E-state index in [0.717, 1.165) is 77.9 Å². The molecule has 2 unspecified atom stereocenters. The van der Waals surface area contributed by atoms with E-state index in [0.29, 0.717) is 0 Å². The summed E-state index contributed by atoms with van der Waals surface area (Å²) in [6, 6.07) is 72.8. The fraction of sp³-hybridized carbons (Fsp3) is 0.0377. The lowest BCUT2D eigenvalue weighted by Gasteiger charge is -2.32. The quantitative estimate of drug-likeness (QED) is 0.171. The van der Waals surface area contributed by atoms with Gasteiger partial charge in [-0.1, -0.05) is 164 Å². The Hall–Kier alpha value is -7.47. The van der Waals surface area contributed by atoms with E-state index >= 15 is 0 Å². The Morgan fingerprint density at radius 2 is 1.12 bits per heavy atom. The maximum absolute atomic E-state index is 6.91. The lowest BCUT2D eigenvalue weighted by molar-refractivity contribution is 0.411. The minimum atomic E-state index is -0.283. The summed E-state index contributed by atoms with van der Waals surface area (Å²) in [6.07, 6.45) is -0.553. The summed E-state index contributed by atoms with van der Waals surface area (Å²) in [4.78, 5) is 7.61. The number of anilines is 3. The van der Waals surface area contributed by atoms with E-state index in [1.54, 1.807) is 0 Å². The second-order valence-electron chi connectivity index (χ2n) is 14.8. The number of benzene rings is 9. The Morgan fingerprint density at radius 1 is 0.466 bits per heavy atom. The molecule has 2 heterocycles. The van der Waals surface area contributed by atoms with Gasteiger partial charge in [-0.25, -0.2) is 4.99 Å². The zero-order chi connectivity index (χ0) is 38.4. The van der Waals surface area contributed by atoms with Crippen LogP contribution in [0.25, 0.3) is 54.6 Å². The van der Waals surface area contributed by atoms with E-state index in [2.05, 4.69) is 216 Å². The molecule has 0 fully saturated rings. The summed E-state index contributed by atoms with van der Waals surface area (Å²) < 4.78 is 6.91. The topological polar surface area (TPSA) is 52.8 Å². The van der Waals surface area contributed by atoms with Crippen molar-refractivity contribution in [2.45, 2.75) is 12.3 Å². The van der Waals surface area contributed by atoms with Crippen LogP contribution in [-0.2, 0) is 0 Å². The number of fused-ring (bicyclic) bond motifs is 6. The van der Waals surface area contributed by atoms with Crippen molar-refractivity contribution in [2.24, 2.45) is 4.99 Å². The average Bonchev–Trinajstić information content (AvgIpc) is 3.69. The van der Waals surface area contributed by atoms with Gasteiger partial charge in [0.2, 0.25) is 0 Å². The number of nitrogens with one attached hydrogen (secondary N) is 2. The number of nitrogens with zero attached hydrogens (tertiary/aromatic N) is 2. The first kappa shape index (κ1) is 33.8. The molecule has 5 nitrogen and oxygen atoms in total. The maximum atomic E-state index is 6.91. The van der Waals surface area contributed by atoms with Gasteiger partial charge in [-0.2, -0.15) is 0 Å². The lowest BCUT2D eigenvalue weighted by Crippen LogP contribution is -2.45. The van der Waals surface area contributed by atoms with Crippen molar-refractivity contribution in [3.8, 4) is 11.1 Å². The first-order chi connectivity index (χ1) is 28.7. The number of amidine groups is 1. The number of rotatable bonds is 7. The second-order valence-corrected chi connectivity index (χ2v) is 14.8. The summed E-state index contributed by atoms with van der Waals surface area (Å²) in [6.45, 7) is 0. The monoisotopic (exact) mass is 746 g/mol. The standard InChI is InChI=1S/C53H38N4O/c1-4-16-35(17-5-1)39-22-14-25-42(33-39)57(41-23-8-3-9-24-41)46-34-48-49(44-27-13-12-26-43(44)46)50-45(28-15-29-47(50)58-48)53-55-51(37-19-6-2-7-20-37)54-52(56-53)40-31-30-36-18-10-11-21-38(36)32-40/h1-34,52-53,56H,(H,54,55). The Labute approximate surface area is 336 Å². The highest BCUT2D eigenvalue weighted by Gasteiger charge is 2.29. The van der Waals surface area contributed by atoms with E-state index in [1.807, 2.05) is 6.07 Å². The van der Waals surface area contributed by atoms with Gasteiger partial charge in [0, 0.05) is 44.7 Å². The zero-order valence-electron chi connectivity index (χ0n) is 31.6.